The van der Waals surface area contributed by atoms with Crippen molar-refractivity contribution in [1.29, 1.82) is 0 Å². The zero-order chi connectivity index (χ0) is 13.5. The number of benzene rings is 1. The number of aliphatic hydroxyl groups is 1. The Bertz CT molecular complexity index is 428. The first-order valence-corrected chi connectivity index (χ1v) is 6.60. The van der Waals surface area contributed by atoms with Gasteiger partial charge in [-0.05, 0) is 41.3 Å². The van der Waals surface area contributed by atoms with Gasteiger partial charge in [0.25, 0.3) is 0 Å². The van der Waals surface area contributed by atoms with E-state index in [1.807, 2.05) is 0 Å². The van der Waals surface area contributed by atoms with E-state index in [0.29, 0.717) is 17.5 Å². The van der Waals surface area contributed by atoms with Crippen molar-refractivity contribution >= 4 is 33.2 Å². The molecule has 0 heterocycles. The van der Waals surface area contributed by atoms with E-state index in [0.717, 1.165) is 12.8 Å². The molecule has 0 atom stereocenters. The smallest absolute Gasteiger partial charge is 0.313 e. The zero-order valence-corrected chi connectivity index (χ0v) is 11.9. The summed E-state index contributed by atoms with van der Waals surface area (Å²) in [6.07, 6.45) is 2.25. The van der Waals surface area contributed by atoms with E-state index >= 15 is 0 Å². The van der Waals surface area contributed by atoms with Gasteiger partial charge >= 0.3 is 5.69 Å². The van der Waals surface area contributed by atoms with Crippen molar-refractivity contribution < 1.29 is 14.8 Å². The lowest BCUT2D eigenvalue weighted by Gasteiger charge is -2.08. The number of halogens is 2. The molecule has 1 rings (SSSR count). The number of rotatable bonds is 7. The second kappa shape index (κ2) is 7.56. The van der Waals surface area contributed by atoms with E-state index in [4.69, 9.17) is 21.4 Å². The van der Waals surface area contributed by atoms with Crippen molar-refractivity contribution in [1.82, 2.24) is 0 Å². The number of nitrogens with zero attached hydrogens (tertiary/aromatic N) is 1. The number of unbranched alkanes of at least 4 members (excludes halogenated alkanes) is 2. The number of hydrogen-bond donors (Lipinski definition) is 1. The van der Waals surface area contributed by atoms with Crippen LogP contribution in [0.1, 0.15) is 19.3 Å². The topological polar surface area (TPSA) is 72.6 Å². The van der Waals surface area contributed by atoms with Crippen LogP contribution in [0, 0.1) is 10.1 Å². The van der Waals surface area contributed by atoms with Crippen molar-refractivity contribution in [2.24, 2.45) is 0 Å². The largest absolute Gasteiger partial charge is 0.486 e. The SMILES string of the molecule is O=[N+]([O-])c1cc(Cl)cc(Br)c1OCCCCCO. The summed E-state index contributed by atoms with van der Waals surface area (Å²) in [7, 11) is 0. The highest BCUT2D eigenvalue weighted by Crippen LogP contribution is 2.37. The minimum atomic E-state index is -0.528. The standard InChI is InChI=1S/C11H13BrClNO4/c12-9-6-8(13)7-10(14(16)17)11(9)18-5-3-1-2-4-15/h6-7,15H,1-5H2. The molecule has 1 N–H and O–H groups in total. The molecule has 0 aliphatic rings. The summed E-state index contributed by atoms with van der Waals surface area (Å²) in [6.45, 7) is 0.506. The second-order valence-electron chi connectivity index (χ2n) is 3.63. The van der Waals surface area contributed by atoms with E-state index in [1.165, 1.54) is 6.07 Å². The number of ether oxygens (including phenoxy) is 1. The Kier molecular flexibility index (Phi) is 6.38. The molecule has 0 aromatic heterocycles. The Morgan fingerprint density at radius 1 is 1.39 bits per heavy atom. The summed E-state index contributed by atoms with van der Waals surface area (Å²) < 4.78 is 5.86. The van der Waals surface area contributed by atoms with Gasteiger partial charge in [-0.1, -0.05) is 11.6 Å². The van der Waals surface area contributed by atoms with E-state index < -0.39 is 4.92 Å². The lowest BCUT2D eigenvalue weighted by Crippen LogP contribution is -2.02. The molecule has 0 aliphatic heterocycles. The van der Waals surface area contributed by atoms with E-state index in [1.54, 1.807) is 6.07 Å². The first kappa shape index (κ1) is 15.2. The highest BCUT2D eigenvalue weighted by molar-refractivity contribution is 9.10. The molecule has 0 amide bonds. The third-order valence-electron chi connectivity index (χ3n) is 2.23. The molecule has 1 aromatic rings. The molecule has 7 heteroatoms. The Labute approximate surface area is 118 Å². The lowest BCUT2D eigenvalue weighted by atomic mass is 10.2. The van der Waals surface area contributed by atoms with Crippen molar-refractivity contribution in [3.8, 4) is 5.75 Å². The van der Waals surface area contributed by atoms with Gasteiger partial charge in [-0.25, -0.2) is 0 Å². The third kappa shape index (κ3) is 4.44. The highest BCUT2D eigenvalue weighted by atomic mass is 79.9. The van der Waals surface area contributed by atoms with Crippen LogP contribution >= 0.6 is 27.5 Å². The maximum Gasteiger partial charge on any atom is 0.313 e. The molecule has 0 unspecified atom stereocenters. The molecule has 0 fully saturated rings. The van der Waals surface area contributed by atoms with Gasteiger partial charge < -0.3 is 9.84 Å². The summed E-state index contributed by atoms with van der Waals surface area (Å²) in [5.41, 5.74) is -0.156. The fraction of sp³-hybridized carbons (Fsp3) is 0.455. The quantitative estimate of drug-likeness (QED) is 0.469. The van der Waals surface area contributed by atoms with Crippen LogP contribution in [0.2, 0.25) is 5.02 Å². The van der Waals surface area contributed by atoms with Crippen LogP contribution in [0.25, 0.3) is 0 Å². The Morgan fingerprint density at radius 3 is 2.72 bits per heavy atom. The van der Waals surface area contributed by atoms with Crippen LogP contribution in [0.3, 0.4) is 0 Å². The molecule has 0 saturated carbocycles. The van der Waals surface area contributed by atoms with Crippen LogP contribution in [0.5, 0.6) is 5.75 Å². The monoisotopic (exact) mass is 337 g/mol. The average molecular weight is 339 g/mol. The molecule has 18 heavy (non-hydrogen) atoms. The fourth-order valence-electron chi connectivity index (χ4n) is 1.39. The van der Waals surface area contributed by atoms with Crippen LogP contribution in [0.15, 0.2) is 16.6 Å². The van der Waals surface area contributed by atoms with E-state index in [-0.39, 0.29) is 23.1 Å². The molecule has 0 spiro atoms. The maximum absolute atomic E-state index is 10.9. The van der Waals surface area contributed by atoms with Gasteiger partial charge in [0.05, 0.1) is 16.0 Å². The number of hydrogen-bond acceptors (Lipinski definition) is 4. The molecule has 5 nitrogen and oxygen atoms in total. The molecular formula is C11H13BrClNO4. The zero-order valence-electron chi connectivity index (χ0n) is 9.57. The predicted octanol–water partition coefficient (Wildman–Crippen LogP) is 3.55. The number of nitro benzene ring substituents is 1. The van der Waals surface area contributed by atoms with Gasteiger partial charge in [0.2, 0.25) is 5.75 Å². The van der Waals surface area contributed by atoms with Gasteiger partial charge in [-0.2, -0.15) is 0 Å². The minimum Gasteiger partial charge on any atom is -0.486 e. The summed E-state index contributed by atoms with van der Waals surface area (Å²) in [6, 6.07) is 2.81. The van der Waals surface area contributed by atoms with Gasteiger partial charge in [0, 0.05) is 17.7 Å². The molecule has 0 saturated heterocycles. The fourth-order valence-corrected chi connectivity index (χ4v) is 2.30. The van der Waals surface area contributed by atoms with Gasteiger partial charge in [-0.3, -0.25) is 10.1 Å². The van der Waals surface area contributed by atoms with Crippen LogP contribution in [-0.4, -0.2) is 23.2 Å². The van der Waals surface area contributed by atoms with Crippen molar-refractivity contribution in [2.75, 3.05) is 13.2 Å². The second-order valence-corrected chi connectivity index (χ2v) is 4.92. The van der Waals surface area contributed by atoms with Gasteiger partial charge in [0.1, 0.15) is 0 Å². The van der Waals surface area contributed by atoms with E-state index in [9.17, 15) is 10.1 Å². The van der Waals surface area contributed by atoms with E-state index in [2.05, 4.69) is 15.9 Å². The average Bonchev–Trinajstić information content (AvgIpc) is 2.30. The van der Waals surface area contributed by atoms with Gasteiger partial charge in [0.15, 0.2) is 0 Å². The Morgan fingerprint density at radius 2 is 2.11 bits per heavy atom. The van der Waals surface area contributed by atoms with Gasteiger partial charge in [-0.15, -0.1) is 0 Å². The number of aliphatic hydroxyl groups excluding tert-OH is 1. The Balaban J connectivity index is 2.71. The van der Waals surface area contributed by atoms with Crippen molar-refractivity contribution in [3.05, 3.63) is 31.7 Å². The van der Waals surface area contributed by atoms with Crippen LogP contribution in [0.4, 0.5) is 5.69 Å². The molecular weight excluding hydrogens is 325 g/mol. The summed E-state index contributed by atoms with van der Waals surface area (Å²) in [4.78, 5) is 10.3. The predicted molar refractivity (Wildman–Crippen MR) is 72.2 cm³/mol. The first-order chi connectivity index (χ1) is 8.56. The Hall–Kier alpha value is -0.850. The maximum atomic E-state index is 10.9. The minimum absolute atomic E-state index is 0.144. The highest BCUT2D eigenvalue weighted by Gasteiger charge is 2.19. The molecule has 0 aliphatic carbocycles. The summed E-state index contributed by atoms with van der Waals surface area (Å²) in [5, 5.41) is 19.8. The van der Waals surface area contributed by atoms with Crippen molar-refractivity contribution in [2.45, 2.75) is 19.3 Å². The van der Waals surface area contributed by atoms with Crippen LogP contribution in [-0.2, 0) is 0 Å². The summed E-state index contributed by atoms with van der Waals surface area (Å²) in [5.74, 6) is 0.188. The first-order valence-electron chi connectivity index (χ1n) is 5.43. The molecule has 0 radical (unpaired) electrons. The lowest BCUT2D eigenvalue weighted by molar-refractivity contribution is -0.385. The third-order valence-corrected chi connectivity index (χ3v) is 3.04. The molecule has 1 aromatic carbocycles. The molecule has 0 bridgehead atoms. The van der Waals surface area contributed by atoms with Crippen molar-refractivity contribution in [3.63, 3.8) is 0 Å². The normalized spacial score (nSPS) is 10.4. The number of nitro groups is 1. The molecule has 100 valence electrons. The van der Waals surface area contributed by atoms with Crippen LogP contribution < -0.4 is 4.74 Å². The summed E-state index contributed by atoms with van der Waals surface area (Å²) >= 11 is 8.95.